The highest BCUT2D eigenvalue weighted by Gasteiger charge is 2.18. The van der Waals surface area contributed by atoms with Gasteiger partial charge in [0.2, 0.25) is 5.89 Å². The predicted molar refractivity (Wildman–Crippen MR) is 65.7 cm³/mol. The number of aromatic nitrogens is 1. The molecule has 0 radical (unpaired) electrons. The Bertz CT molecular complexity index is 528. The molecule has 0 spiro atoms. The van der Waals surface area contributed by atoms with Crippen molar-refractivity contribution in [1.29, 1.82) is 0 Å². The molecule has 4 heteroatoms. The lowest BCUT2D eigenvalue weighted by Gasteiger charge is -2.00. The van der Waals surface area contributed by atoms with E-state index in [1.54, 1.807) is 12.1 Å². The number of halogens is 2. The fourth-order valence-electron chi connectivity index (χ4n) is 1.75. The minimum Gasteiger partial charge on any atom is -0.441 e. The number of benzene rings is 1. The second-order valence-electron chi connectivity index (χ2n) is 4.21. The smallest absolute Gasteiger partial charge is 0.231 e. The molecule has 0 fully saturated rings. The number of rotatable bonds is 2. The maximum absolute atomic E-state index is 13.7. The molecular formula is C13H13ClFNO. The van der Waals surface area contributed by atoms with Crippen LogP contribution < -0.4 is 0 Å². The van der Waals surface area contributed by atoms with Crippen LogP contribution in [0.1, 0.15) is 31.2 Å². The Morgan fingerprint density at radius 2 is 2.06 bits per heavy atom. The van der Waals surface area contributed by atoms with E-state index in [0.29, 0.717) is 10.8 Å². The molecule has 0 aliphatic rings. The quantitative estimate of drug-likeness (QED) is 0.784. The van der Waals surface area contributed by atoms with Crippen molar-refractivity contribution in [1.82, 2.24) is 4.98 Å². The van der Waals surface area contributed by atoms with Gasteiger partial charge in [-0.3, -0.25) is 0 Å². The number of oxazole rings is 1. The standard InChI is InChI=1S/C13H13ClFNO/c1-7(2)12-8(3)17-13(16-12)11-9(14)5-4-6-10(11)15/h4-7H,1-3H3. The van der Waals surface area contributed by atoms with Crippen LogP contribution in [-0.4, -0.2) is 4.98 Å². The summed E-state index contributed by atoms with van der Waals surface area (Å²) in [5, 5.41) is 0.307. The normalized spacial score (nSPS) is 11.2. The molecule has 2 aromatic rings. The summed E-state index contributed by atoms with van der Waals surface area (Å²) in [6, 6.07) is 4.52. The van der Waals surface area contributed by atoms with Gasteiger partial charge in [0.15, 0.2) is 0 Å². The highest BCUT2D eigenvalue weighted by atomic mass is 35.5. The van der Waals surface area contributed by atoms with E-state index in [1.807, 2.05) is 20.8 Å². The summed E-state index contributed by atoms with van der Waals surface area (Å²) in [6.45, 7) is 5.84. The molecule has 1 aromatic heterocycles. The molecule has 2 rings (SSSR count). The van der Waals surface area contributed by atoms with Crippen LogP contribution in [0.25, 0.3) is 11.5 Å². The van der Waals surface area contributed by atoms with Gasteiger partial charge in [-0.25, -0.2) is 9.37 Å². The van der Waals surface area contributed by atoms with Crippen molar-refractivity contribution in [3.63, 3.8) is 0 Å². The number of nitrogens with zero attached hydrogens (tertiary/aromatic N) is 1. The third-order valence-electron chi connectivity index (χ3n) is 2.56. The summed E-state index contributed by atoms with van der Waals surface area (Å²) < 4.78 is 19.2. The Balaban J connectivity index is 2.58. The van der Waals surface area contributed by atoms with E-state index in [4.69, 9.17) is 16.0 Å². The second-order valence-corrected chi connectivity index (χ2v) is 4.62. The summed E-state index contributed by atoms with van der Waals surface area (Å²) >= 11 is 5.97. The first-order valence-corrected chi connectivity index (χ1v) is 5.80. The van der Waals surface area contributed by atoms with Crippen molar-refractivity contribution >= 4 is 11.6 Å². The average molecular weight is 254 g/mol. The minimum atomic E-state index is -0.422. The number of hydrogen-bond donors (Lipinski definition) is 0. The molecule has 0 bridgehead atoms. The van der Waals surface area contributed by atoms with Gasteiger partial charge in [-0.05, 0) is 25.0 Å². The van der Waals surface area contributed by atoms with Crippen LogP contribution in [0.3, 0.4) is 0 Å². The molecule has 0 aliphatic heterocycles. The summed E-state index contributed by atoms with van der Waals surface area (Å²) in [6.07, 6.45) is 0. The zero-order valence-electron chi connectivity index (χ0n) is 9.92. The van der Waals surface area contributed by atoms with Gasteiger partial charge in [-0.2, -0.15) is 0 Å². The molecule has 0 saturated carbocycles. The van der Waals surface area contributed by atoms with Gasteiger partial charge in [0, 0.05) is 0 Å². The molecular weight excluding hydrogens is 241 g/mol. The maximum atomic E-state index is 13.7. The zero-order chi connectivity index (χ0) is 12.6. The molecule has 2 nitrogen and oxygen atoms in total. The van der Waals surface area contributed by atoms with Crippen molar-refractivity contribution in [2.75, 3.05) is 0 Å². The van der Waals surface area contributed by atoms with Gasteiger partial charge < -0.3 is 4.42 Å². The molecule has 1 aromatic carbocycles. The molecule has 17 heavy (non-hydrogen) atoms. The summed E-state index contributed by atoms with van der Waals surface area (Å²) in [5.74, 6) is 0.760. The number of hydrogen-bond acceptors (Lipinski definition) is 2. The molecule has 0 unspecified atom stereocenters. The molecule has 0 saturated heterocycles. The summed E-state index contributed by atoms with van der Waals surface area (Å²) in [7, 11) is 0. The van der Waals surface area contributed by atoms with Gasteiger partial charge in [0.05, 0.1) is 16.3 Å². The Morgan fingerprint density at radius 1 is 1.35 bits per heavy atom. The fourth-order valence-corrected chi connectivity index (χ4v) is 2.00. The van der Waals surface area contributed by atoms with Gasteiger partial charge in [0.25, 0.3) is 0 Å². The van der Waals surface area contributed by atoms with Gasteiger partial charge in [0.1, 0.15) is 11.6 Å². The van der Waals surface area contributed by atoms with E-state index in [0.717, 1.165) is 5.69 Å². The Kier molecular flexibility index (Phi) is 3.20. The van der Waals surface area contributed by atoms with Crippen molar-refractivity contribution in [2.45, 2.75) is 26.7 Å². The van der Waals surface area contributed by atoms with Crippen LogP contribution in [0.4, 0.5) is 4.39 Å². The topological polar surface area (TPSA) is 26.0 Å². The van der Waals surface area contributed by atoms with Crippen LogP contribution in [0, 0.1) is 12.7 Å². The highest BCUT2D eigenvalue weighted by molar-refractivity contribution is 6.33. The first kappa shape index (κ1) is 12.1. The van der Waals surface area contributed by atoms with E-state index in [1.165, 1.54) is 6.07 Å². The van der Waals surface area contributed by atoms with Gasteiger partial charge in [-0.15, -0.1) is 0 Å². The molecule has 0 atom stereocenters. The Morgan fingerprint density at radius 3 is 2.59 bits per heavy atom. The number of aryl methyl sites for hydroxylation is 1. The average Bonchev–Trinajstić information content (AvgIpc) is 2.60. The molecule has 0 N–H and O–H groups in total. The van der Waals surface area contributed by atoms with Crippen LogP contribution in [0.15, 0.2) is 22.6 Å². The molecule has 90 valence electrons. The van der Waals surface area contributed by atoms with Crippen molar-refractivity contribution < 1.29 is 8.81 Å². The molecule has 0 aliphatic carbocycles. The SMILES string of the molecule is Cc1oc(-c2c(F)cccc2Cl)nc1C(C)C. The van der Waals surface area contributed by atoms with Gasteiger partial charge in [-0.1, -0.05) is 31.5 Å². The lowest BCUT2D eigenvalue weighted by molar-refractivity contribution is 0.530. The third-order valence-corrected chi connectivity index (χ3v) is 2.87. The first-order valence-electron chi connectivity index (χ1n) is 5.42. The Labute approximate surface area is 104 Å². The van der Waals surface area contributed by atoms with Crippen molar-refractivity contribution in [3.8, 4) is 11.5 Å². The van der Waals surface area contributed by atoms with Crippen LogP contribution in [-0.2, 0) is 0 Å². The fraction of sp³-hybridized carbons (Fsp3) is 0.308. The van der Waals surface area contributed by atoms with E-state index in [2.05, 4.69) is 4.98 Å². The van der Waals surface area contributed by atoms with E-state index >= 15 is 0 Å². The summed E-state index contributed by atoms with van der Waals surface area (Å²) in [5.41, 5.74) is 1.06. The first-order chi connectivity index (χ1) is 8.00. The largest absolute Gasteiger partial charge is 0.441 e. The summed E-state index contributed by atoms with van der Waals surface area (Å²) in [4.78, 5) is 4.31. The van der Waals surface area contributed by atoms with E-state index < -0.39 is 5.82 Å². The zero-order valence-corrected chi connectivity index (χ0v) is 10.7. The van der Waals surface area contributed by atoms with Crippen LogP contribution >= 0.6 is 11.6 Å². The minimum absolute atomic E-state index is 0.226. The van der Waals surface area contributed by atoms with E-state index in [9.17, 15) is 4.39 Å². The van der Waals surface area contributed by atoms with Gasteiger partial charge >= 0.3 is 0 Å². The van der Waals surface area contributed by atoms with Crippen molar-refractivity contribution in [2.24, 2.45) is 0 Å². The van der Waals surface area contributed by atoms with E-state index in [-0.39, 0.29) is 17.4 Å². The molecule has 0 amide bonds. The van der Waals surface area contributed by atoms with Crippen LogP contribution in [0.2, 0.25) is 5.02 Å². The second kappa shape index (κ2) is 4.49. The third kappa shape index (κ3) is 2.20. The lowest BCUT2D eigenvalue weighted by atomic mass is 10.1. The van der Waals surface area contributed by atoms with Crippen LogP contribution in [0.5, 0.6) is 0 Å². The molecule has 1 heterocycles. The van der Waals surface area contributed by atoms with Crippen molar-refractivity contribution in [3.05, 3.63) is 40.5 Å². The highest BCUT2D eigenvalue weighted by Crippen LogP contribution is 2.32. The monoisotopic (exact) mass is 253 g/mol. The maximum Gasteiger partial charge on any atom is 0.231 e. The Hall–Kier alpha value is -1.35. The predicted octanol–water partition coefficient (Wildman–Crippen LogP) is 4.57. The lowest BCUT2D eigenvalue weighted by Crippen LogP contribution is -1.90.